The van der Waals surface area contributed by atoms with Crippen molar-refractivity contribution in [1.82, 2.24) is 10.2 Å². The van der Waals surface area contributed by atoms with Crippen LogP contribution in [0.4, 0.5) is 0 Å². The van der Waals surface area contributed by atoms with Gasteiger partial charge in [-0.2, -0.15) is 11.8 Å². The summed E-state index contributed by atoms with van der Waals surface area (Å²) in [5.74, 6) is 0.138. The van der Waals surface area contributed by atoms with Crippen LogP contribution < -0.4 is 5.32 Å². The van der Waals surface area contributed by atoms with Crippen LogP contribution in [0.3, 0.4) is 0 Å². The van der Waals surface area contributed by atoms with Crippen molar-refractivity contribution in [1.29, 1.82) is 0 Å². The van der Waals surface area contributed by atoms with Crippen LogP contribution in [0.25, 0.3) is 0 Å². The molecular weight excluding hydrogens is 260 g/mol. The Hall–Kier alpha value is -0.710. The van der Waals surface area contributed by atoms with Crippen molar-refractivity contribution in [3.63, 3.8) is 0 Å². The average Bonchev–Trinajstić information content (AvgIpc) is 2.58. The fourth-order valence-corrected chi connectivity index (χ4v) is 4.17. The first kappa shape index (κ1) is 14.7. The van der Waals surface area contributed by atoms with Crippen molar-refractivity contribution >= 4 is 23.6 Å². The molecule has 0 aromatic heterocycles. The monoisotopic (exact) mass is 284 g/mol. The largest absolute Gasteiger partial charge is 0.344 e. The normalized spacial score (nSPS) is 32.9. The second-order valence-corrected chi connectivity index (χ2v) is 6.51. The Morgan fingerprint density at radius 3 is 2.74 bits per heavy atom. The molecule has 0 bridgehead atoms. The quantitative estimate of drug-likeness (QED) is 0.859. The van der Waals surface area contributed by atoms with Crippen molar-refractivity contribution in [2.24, 2.45) is 0 Å². The van der Waals surface area contributed by atoms with Crippen molar-refractivity contribution in [2.45, 2.75) is 62.8 Å². The number of nitrogens with one attached hydrogen (secondary N) is 1. The molecule has 2 aliphatic rings. The minimum absolute atomic E-state index is 0.0132. The van der Waals surface area contributed by atoms with E-state index in [1.54, 1.807) is 0 Å². The smallest absolute Gasteiger partial charge is 0.245 e. The molecule has 1 saturated heterocycles. The summed E-state index contributed by atoms with van der Waals surface area (Å²) in [7, 11) is 0. The molecule has 19 heavy (non-hydrogen) atoms. The zero-order valence-electron chi connectivity index (χ0n) is 11.9. The number of nitrogens with zero attached hydrogens (tertiary/aromatic N) is 1. The summed E-state index contributed by atoms with van der Waals surface area (Å²) in [6.45, 7) is 2.54. The van der Waals surface area contributed by atoms with Gasteiger partial charge in [0.05, 0.1) is 0 Å². The van der Waals surface area contributed by atoms with Gasteiger partial charge in [0.2, 0.25) is 11.8 Å². The van der Waals surface area contributed by atoms with Gasteiger partial charge in [0.1, 0.15) is 6.04 Å². The number of hydrogen-bond acceptors (Lipinski definition) is 3. The molecule has 0 radical (unpaired) electrons. The van der Waals surface area contributed by atoms with Crippen molar-refractivity contribution in [3.8, 4) is 0 Å². The van der Waals surface area contributed by atoms with E-state index >= 15 is 0 Å². The summed E-state index contributed by atoms with van der Waals surface area (Å²) >= 11 is 1.87. The van der Waals surface area contributed by atoms with Crippen LogP contribution in [-0.4, -0.2) is 46.8 Å². The lowest BCUT2D eigenvalue weighted by atomic mass is 9.93. The Morgan fingerprint density at radius 1 is 1.32 bits per heavy atom. The van der Waals surface area contributed by atoms with Crippen LogP contribution in [0.1, 0.15) is 45.4 Å². The van der Waals surface area contributed by atoms with Crippen LogP contribution >= 0.6 is 11.8 Å². The molecule has 4 nitrogen and oxygen atoms in total. The summed E-state index contributed by atoms with van der Waals surface area (Å²) in [6.07, 6.45) is 7.99. The van der Waals surface area contributed by atoms with Gasteiger partial charge in [-0.15, -0.1) is 0 Å². The third kappa shape index (κ3) is 3.25. The fraction of sp³-hybridized carbons (Fsp3) is 0.857. The predicted molar refractivity (Wildman–Crippen MR) is 78.1 cm³/mol. The van der Waals surface area contributed by atoms with E-state index in [2.05, 4.69) is 11.6 Å². The topological polar surface area (TPSA) is 49.4 Å². The highest BCUT2D eigenvalue weighted by molar-refractivity contribution is 7.99. The van der Waals surface area contributed by atoms with Crippen molar-refractivity contribution in [2.75, 3.05) is 12.8 Å². The number of carbonyl (C=O) groups is 2. The van der Waals surface area contributed by atoms with E-state index in [-0.39, 0.29) is 17.9 Å². The molecule has 2 fully saturated rings. The second kappa shape index (κ2) is 6.64. The average molecular weight is 284 g/mol. The number of rotatable bonds is 3. The molecular formula is C14H24N2O2S. The highest BCUT2D eigenvalue weighted by atomic mass is 32.2. The van der Waals surface area contributed by atoms with Crippen molar-refractivity contribution in [3.05, 3.63) is 0 Å². The molecule has 2 rings (SSSR count). The Morgan fingerprint density at radius 2 is 2.05 bits per heavy atom. The summed E-state index contributed by atoms with van der Waals surface area (Å²) in [5, 5.41) is 3.37. The van der Waals surface area contributed by atoms with E-state index in [0.717, 1.165) is 6.42 Å². The SMILES string of the molecule is CCC1NC(=O)CCN(C2CCCCC2SC)C1=O. The molecule has 0 aromatic carbocycles. The maximum atomic E-state index is 12.6. The summed E-state index contributed by atoms with van der Waals surface area (Å²) < 4.78 is 0. The lowest BCUT2D eigenvalue weighted by Gasteiger charge is -2.39. The molecule has 3 unspecified atom stereocenters. The third-order valence-electron chi connectivity index (χ3n) is 4.28. The van der Waals surface area contributed by atoms with Gasteiger partial charge in [-0.05, 0) is 25.5 Å². The lowest BCUT2D eigenvalue weighted by molar-refractivity contribution is -0.136. The number of carbonyl (C=O) groups excluding carboxylic acids is 2. The van der Waals surface area contributed by atoms with Crippen LogP contribution in [0, 0.1) is 0 Å². The molecule has 5 heteroatoms. The van der Waals surface area contributed by atoms with Crippen molar-refractivity contribution < 1.29 is 9.59 Å². The summed E-state index contributed by atoms with van der Waals surface area (Å²) in [5.41, 5.74) is 0. The van der Waals surface area contributed by atoms with Gasteiger partial charge >= 0.3 is 0 Å². The Balaban J connectivity index is 2.15. The Kier molecular flexibility index (Phi) is 5.13. The van der Waals surface area contributed by atoms with Gasteiger partial charge in [-0.3, -0.25) is 9.59 Å². The molecule has 0 aromatic rings. The highest BCUT2D eigenvalue weighted by Gasteiger charge is 2.37. The molecule has 1 N–H and O–H groups in total. The first-order chi connectivity index (χ1) is 9.17. The van der Waals surface area contributed by atoms with E-state index in [1.165, 1.54) is 19.3 Å². The van der Waals surface area contributed by atoms with E-state index < -0.39 is 0 Å². The first-order valence-electron chi connectivity index (χ1n) is 7.30. The van der Waals surface area contributed by atoms with Crippen LogP contribution in [0.2, 0.25) is 0 Å². The molecule has 1 heterocycles. The highest BCUT2D eigenvalue weighted by Crippen LogP contribution is 2.31. The molecule has 108 valence electrons. The predicted octanol–water partition coefficient (Wildman–Crippen LogP) is 1.79. The van der Waals surface area contributed by atoms with Crippen LogP contribution in [0.5, 0.6) is 0 Å². The van der Waals surface area contributed by atoms with E-state index in [0.29, 0.717) is 30.7 Å². The summed E-state index contributed by atoms with van der Waals surface area (Å²) in [4.78, 5) is 26.3. The standard InChI is InChI=1S/C14H24N2O2S/c1-3-10-14(18)16(9-8-13(17)15-10)11-6-4-5-7-12(11)19-2/h10-12H,3-9H2,1-2H3,(H,15,17). The third-order valence-corrected chi connectivity index (χ3v) is 5.43. The van der Waals surface area contributed by atoms with Crippen LogP contribution in [-0.2, 0) is 9.59 Å². The zero-order valence-corrected chi connectivity index (χ0v) is 12.7. The minimum atomic E-state index is -0.320. The Bertz CT molecular complexity index is 348. The summed E-state index contributed by atoms with van der Waals surface area (Å²) in [6, 6.07) is -0.00238. The van der Waals surface area contributed by atoms with Gasteiger partial charge < -0.3 is 10.2 Å². The zero-order chi connectivity index (χ0) is 13.8. The fourth-order valence-electron chi connectivity index (χ4n) is 3.18. The maximum Gasteiger partial charge on any atom is 0.245 e. The molecule has 1 saturated carbocycles. The number of hydrogen-bond donors (Lipinski definition) is 1. The Labute approximate surface area is 119 Å². The second-order valence-electron chi connectivity index (χ2n) is 5.44. The molecule has 3 atom stereocenters. The van der Waals surface area contributed by atoms with Crippen LogP contribution in [0.15, 0.2) is 0 Å². The van der Waals surface area contributed by atoms with Gasteiger partial charge in [-0.25, -0.2) is 0 Å². The minimum Gasteiger partial charge on any atom is -0.344 e. The van der Waals surface area contributed by atoms with E-state index in [4.69, 9.17) is 0 Å². The van der Waals surface area contributed by atoms with Gasteiger partial charge in [0, 0.05) is 24.3 Å². The molecule has 1 aliphatic heterocycles. The van der Waals surface area contributed by atoms with E-state index in [1.807, 2.05) is 23.6 Å². The maximum absolute atomic E-state index is 12.6. The van der Waals surface area contributed by atoms with E-state index in [9.17, 15) is 9.59 Å². The lowest BCUT2D eigenvalue weighted by Crippen LogP contribution is -2.52. The molecule has 1 aliphatic carbocycles. The molecule has 2 amide bonds. The molecule has 0 spiro atoms. The number of thioether (sulfide) groups is 1. The van der Waals surface area contributed by atoms with Gasteiger partial charge in [0.25, 0.3) is 0 Å². The van der Waals surface area contributed by atoms with Gasteiger partial charge in [0.15, 0.2) is 0 Å². The number of amides is 2. The van der Waals surface area contributed by atoms with Gasteiger partial charge in [-0.1, -0.05) is 19.8 Å². The first-order valence-corrected chi connectivity index (χ1v) is 8.58.